The maximum atomic E-state index is 13.2. The zero-order valence-electron chi connectivity index (χ0n) is 27.3. The minimum Gasteiger partial charge on any atom is -0.448 e. The molecule has 5 aliphatic carbocycles. The van der Waals surface area contributed by atoms with Crippen molar-refractivity contribution >= 4 is 21.3 Å². The molecule has 5 fully saturated rings. The summed E-state index contributed by atoms with van der Waals surface area (Å²) in [6.45, 7) is 17.9. The molecule has 11 atom stereocenters. The molecule has 5 aliphatic rings. The number of hydrogen-bond acceptors (Lipinski definition) is 3. The average Bonchev–Trinajstić information content (AvgIpc) is 3.34. The fraction of sp³-hybridized carbons (Fsp3) is 0.784. The number of carbonyl (C=O) groups excluding carboxylic acids is 2. The van der Waals surface area contributed by atoms with Crippen molar-refractivity contribution in [1.82, 2.24) is 0 Å². The molecule has 6 rings (SSSR count). The molecule has 42 heavy (non-hydrogen) atoms. The van der Waals surface area contributed by atoms with Crippen molar-refractivity contribution in [3.8, 4) is 0 Å². The van der Waals surface area contributed by atoms with E-state index in [1.807, 2.05) is 12.1 Å². The third-order valence-corrected chi connectivity index (χ3v) is 15.7. The van der Waals surface area contributed by atoms with Gasteiger partial charge in [-0.3, -0.25) is 4.79 Å². The summed E-state index contributed by atoms with van der Waals surface area (Å²) in [6.07, 6.45) is 11.9. The fourth-order valence-electron chi connectivity index (χ4n) is 13.3. The maximum Gasteiger partial charge on any atom is 0.340 e. The SMILES string of the molecule is CC(C)[C@@H]1CC[C@]2(C(N)=O)CC[C@]3(C)[C@H](CC[C@@H]4[C@@]5(C)CC[C@H](c6ccc(C(=O)OP)cc6)C(C)(C)[C@@H]5CC[C@]43C)[C@@H]12. The normalized spacial score (nSPS) is 45.7. The molecule has 0 spiro atoms. The lowest BCUT2D eigenvalue weighted by molar-refractivity contribution is -0.239. The van der Waals surface area contributed by atoms with Gasteiger partial charge in [-0.05, 0) is 145 Å². The van der Waals surface area contributed by atoms with E-state index in [4.69, 9.17) is 10.3 Å². The molecule has 0 bridgehead atoms. The third kappa shape index (κ3) is 3.94. The molecule has 1 amide bonds. The van der Waals surface area contributed by atoms with Crippen LogP contribution in [0, 0.1) is 62.6 Å². The maximum absolute atomic E-state index is 13.2. The number of amides is 1. The smallest absolute Gasteiger partial charge is 0.340 e. The molecule has 1 unspecified atom stereocenters. The van der Waals surface area contributed by atoms with Gasteiger partial charge in [0.2, 0.25) is 5.91 Å². The zero-order valence-corrected chi connectivity index (χ0v) is 28.5. The van der Waals surface area contributed by atoms with Crippen molar-refractivity contribution in [1.29, 1.82) is 0 Å². The second kappa shape index (κ2) is 10.1. The summed E-state index contributed by atoms with van der Waals surface area (Å²) in [5.41, 5.74) is 9.04. The predicted octanol–water partition coefficient (Wildman–Crippen LogP) is 8.94. The molecule has 5 heteroatoms. The Morgan fingerprint density at radius 2 is 1.52 bits per heavy atom. The van der Waals surface area contributed by atoms with Gasteiger partial charge in [-0.25, -0.2) is 4.79 Å². The van der Waals surface area contributed by atoms with E-state index in [0.29, 0.717) is 52.4 Å². The molecule has 1 aromatic carbocycles. The predicted molar refractivity (Wildman–Crippen MR) is 172 cm³/mol. The summed E-state index contributed by atoms with van der Waals surface area (Å²) in [6, 6.07) is 8.22. The van der Waals surface area contributed by atoms with Crippen LogP contribution in [0.5, 0.6) is 0 Å². The van der Waals surface area contributed by atoms with Crippen LogP contribution in [0.25, 0.3) is 0 Å². The molecule has 0 heterocycles. The number of carbonyl (C=O) groups is 2. The average molecular weight is 594 g/mol. The van der Waals surface area contributed by atoms with E-state index in [2.05, 4.69) is 70.1 Å². The zero-order chi connectivity index (χ0) is 30.5. The number of primary amides is 1. The standard InChI is InChI=1S/C37H56NO3P/c1-22(2)25-14-19-37(32(38)40)21-20-35(6)27(30(25)37)12-13-29-34(5)17-15-26(23-8-10-24(11-9-23)31(39)41-42)33(3,4)28(34)16-18-36(29,35)7/h8-11,22,25-30H,12-21,42H2,1-7H3,(H2,38,40)/t25-,26+,27+,28-,29+,30+,34-,35+,36+,37-/m0/s1. The van der Waals surface area contributed by atoms with Crippen LogP contribution in [-0.2, 0) is 9.32 Å². The summed E-state index contributed by atoms with van der Waals surface area (Å²) >= 11 is 0. The summed E-state index contributed by atoms with van der Waals surface area (Å²) in [5, 5.41) is 0. The number of benzene rings is 1. The van der Waals surface area contributed by atoms with Gasteiger partial charge in [0.05, 0.1) is 20.4 Å². The van der Waals surface area contributed by atoms with Crippen molar-refractivity contribution in [3.05, 3.63) is 35.4 Å². The van der Waals surface area contributed by atoms with E-state index in [0.717, 1.165) is 19.3 Å². The number of fused-ring (bicyclic) bond motifs is 7. The van der Waals surface area contributed by atoms with E-state index in [9.17, 15) is 9.59 Å². The van der Waals surface area contributed by atoms with Gasteiger partial charge in [0.15, 0.2) is 0 Å². The van der Waals surface area contributed by atoms with E-state index in [1.54, 1.807) is 0 Å². The molecule has 232 valence electrons. The van der Waals surface area contributed by atoms with Crippen LogP contribution in [0.15, 0.2) is 24.3 Å². The van der Waals surface area contributed by atoms with Gasteiger partial charge < -0.3 is 10.3 Å². The Balaban J connectivity index is 1.32. The van der Waals surface area contributed by atoms with Crippen LogP contribution in [0.3, 0.4) is 0 Å². The van der Waals surface area contributed by atoms with Crippen LogP contribution in [0.2, 0.25) is 0 Å². The monoisotopic (exact) mass is 593 g/mol. The minimum atomic E-state index is -0.300. The lowest BCUT2D eigenvalue weighted by Gasteiger charge is -2.73. The summed E-state index contributed by atoms with van der Waals surface area (Å²) in [7, 11) is 2.06. The van der Waals surface area contributed by atoms with Gasteiger partial charge in [-0.15, -0.1) is 0 Å². The van der Waals surface area contributed by atoms with Gasteiger partial charge in [-0.1, -0.05) is 60.6 Å². The first kappa shape index (κ1) is 30.6. The molecule has 5 saturated carbocycles. The topological polar surface area (TPSA) is 69.4 Å². The van der Waals surface area contributed by atoms with E-state index >= 15 is 0 Å². The van der Waals surface area contributed by atoms with Crippen LogP contribution in [0.1, 0.15) is 135 Å². The molecule has 2 N–H and O–H groups in total. The number of rotatable bonds is 4. The largest absolute Gasteiger partial charge is 0.448 e. The molecule has 4 nitrogen and oxygen atoms in total. The highest BCUT2D eigenvalue weighted by molar-refractivity contribution is 7.10. The van der Waals surface area contributed by atoms with E-state index < -0.39 is 0 Å². The highest BCUT2D eigenvalue weighted by Crippen LogP contribution is 2.78. The molecule has 0 saturated heterocycles. The molecule has 1 aromatic rings. The Labute approximate surface area is 257 Å². The number of nitrogens with two attached hydrogens (primary N) is 1. The van der Waals surface area contributed by atoms with E-state index in [-0.39, 0.29) is 33.5 Å². The molecule has 0 aliphatic heterocycles. The van der Waals surface area contributed by atoms with Crippen LogP contribution >= 0.6 is 9.47 Å². The van der Waals surface area contributed by atoms with E-state index in [1.165, 1.54) is 50.5 Å². The van der Waals surface area contributed by atoms with Crippen molar-refractivity contribution in [3.63, 3.8) is 0 Å². The first-order valence-electron chi connectivity index (χ1n) is 17.0. The minimum absolute atomic E-state index is 0.000716. The summed E-state index contributed by atoms with van der Waals surface area (Å²) in [4.78, 5) is 25.2. The van der Waals surface area contributed by atoms with Crippen molar-refractivity contribution in [2.24, 2.45) is 68.3 Å². The van der Waals surface area contributed by atoms with Crippen molar-refractivity contribution in [2.45, 2.75) is 119 Å². The van der Waals surface area contributed by atoms with Crippen molar-refractivity contribution < 1.29 is 14.1 Å². The Morgan fingerprint density at radius 1 is 0.833 bits per heavy atom. The fourth-order valence-corrected chi connectivity index (χ4v) is 13.5. The molecular weight excluding hydrogens is 537 g/mol. The highest BCUT2D eigenvalue weighted by atomic mass is 31.0. The second-order valence-corrected chi connectivity index (χ2v) is 17.3. The Kier molecular flexibility index (Phi) is 7.32. The second-order valence-electron chi connectivity index (χ2n) is 17.1. The van der Waals surface area contributed by atoms with Gasteiger partial charge in [0.25, 0.3) is 0 Å². The lowest BCUT2D eigenvalue weighted by atomic mass is 9.31. The molecule has 0 radical (unpaired) electrons. The van der Waals surface area contributed by atoms with Gasteiger partial charge in [0.1, 0.15) is 0 Å². The quantitative estimate of drug-likeness (QED) is 0.354. The van der Waals surface area contributed by atoms with Crippen molar-refractivity contribution in [2.75, 3.05) is 0 Å². The van der Waals surface area contributed by atoms with Crippen LogP contribution in [0.4, 0.5) is 0 Å². The van der Waals surface area contributed by atoms with Gasteiger partial charge in [0, 0.05) is 0 Å². The highest BCUT2D eigenvalue weighted by Gasteiger charge is 2.71. The van der Waals surface area contributed by atoms with Crippen LogP contribution < -0.4 is 5.73 Å². The van der Waals surface area contributed by atoms with Gasteiger partial charge >= 0.3 is 5.97 Å². The van der Waals surface area contributed by atoms with Crippen LogP contribution in [-0.4, -0.2) is 11.9 Å². The Hall–Kier alpha value is -1.41. The summed E-state index contributed by atoms with van der Waals surface area (Å²) in [5.74, 6) is 3.85. The first-order chi connectivity index (χ1) is 19.7. The first-order valence-corrected chi connectivity index (χ1v) is 17.5. The lowest BCUT2D eigenvalue weighted by Crippen LogP contribution is -2.66. The summed E-state index contributed by atoms with van der Waals surface area (Å²) < 4.78 is 4.86. The van der Waals surface area contributed by atoms with Gasteiger partial charge in [-0.2, -0.15) is 0 Å². The Bertz CT molecular complexity index is 1240. The molecular formula is C37H56NO3P. The number of hydrogen-bond donors (Lipinski definition) is 1. The Morgan fingerprint density at radius 3 is 2.14 bits per heavy atom. The third-order valence-electron chi connectivity index (χ3n) is 15.5. The molecule has 0 aromatic heterocycles.